The van der Waals surface area contributed by atoms with Crippen LogP contribution in [0.25, 0.3) is 0 Å². The number of nitrogens with one attached hydrogen (secondary N) is 2. The molecule has 0 unspecified atom stereocenters. The Kier molecular flexibility index (Phi) is 10.2. The molecule has 10 heteroatoms. The van der Waals surface area contributed by atoms with Crippen molar-refractivity contribution in [2.75, 3.05) is 31.5 Å². The van der Waals surface area contributed by atoms with Crippen molar-refractivity contribution in [1.82, 2.24) is 0 Å². The highest BCUT2D eigenvalue weighted by Crippen LogP contribution is 2.29. The Hall–Kier alpha value is -4.24. The van der Waals surface area contributed by atoms with Crippen molar-refractivity contribution in [3.8, 4) is 23.0 Å². The molecule has 0 aliphatic rings. The normalized spacial score (nSPS) is 10.2. The number of carbonyl (C=O) groups is 3. The van der Waals surface area contributed by atoms with Crippen LogP contribution in [0.5, 0.6) is 23.0 Å². The number of halogens is 1. The minimum atomic E-state index is -0.579. The zero-order chi connectivity index (χ0) is 26.6. The summed E-state index contributed by atoms with van der Waals surface area (Å²) in [4.78, 5) is 36.3. The predicted octanol–water partition coefficient (Wildman–Crippen LogP) is 5.44. The van der Waals surface area contributed by atoms with E-state index in [4.69, 9.17) is 30.5 Å². The molecule has 2 N–H and O–H groups in total. The number of hydrogen-bond acceptors (Lipinski definition) is 7. The van der Waals surface area contributed by atoms with Crippen molar-refractivity contribution in [3.63, 3.8) is 0 Å². The summed E-state index contributed by atoms with van der Waals surface area (Å²) < 4.78 is 21.0. The molecule has 0 fully saturated rings. The van der Waals surface area contributed by atoms with Gasteiger partial charge in [0.2, 0.25) is 5.91 Å². The number of amides is 2. The molecular formula is C27H27ClN2O7. The molecule has 0 bridgehead atoms. The van der Waals surface area contributed by atoms with E-state index < -0.39 is 18.5 Å². The molecule has 3 aromatic carbocycles. The van der Waals surface area contributed by atoms with E-state index in [9.17, 15) is 14.4 Å². The molecule has 0 aliphatic heterocycles. The summed E-state index contributed by atoms with van der Waals surface area (Å²) in [5.74, 6) is 0.874. The Morgan fingerprint density at radius 2 is 1.41 bits per heavy atom. The highest BCUT2D eigenvalue weighted by Gasteiger charge is 2.12. The van der Waals surface area contributed by atoms with Crippen molar-refractivity contribution >= 4 is 40.8 Å². The number of rotatable bonds is 12. The van der Waals surface area contributed by atoms with Crippen LogP contribution >= 0.6 is 11.6 Å². The van der Waals surface area contributed by atoms with Crippen molar-refractivity contribution in [1.29, 1.82) is 0 Å². The van der Waals surface area contributed by atoms with Gasteiger partial charge in [-0.05, 0) is 67.1 Å². The summed E-state index contributed by atoms with van der Waals surface area (Å²) in [5, 5.41) is 5.99. The Balaban J connectivity index is 1.35. The molecule has 0 spiro atoms. The van der Waals surface area contributed by atoms with Gasteiger partial charge in [-0.2, -0.15) is 0 Å². The van der Waals surface area contributed by atoms with Gasteiger partial charge in [-0.25, -0.2) is 0 Å². The van der Waals surface area contributed by atoms with Crippen molar-refractivity contribution < 1.29 is 33.3 Å². The first-order valence-corrected chi connectivity index (χ1v) is 11.7. The standard InChI is InChI=1S/C27H27ClN2O7/c1-34-22-14-15-24(35-2)23(16-22)30-26(32)17-36-27(33)5-3-4-25(31)29-19-8-12-21(13-9-19)37-20-10-6-18(28)7-11-20/h6-16H,3-5,17H2,1-2H3,(H,29,31)(H,30,32). The first-order valence-electron chi connectivity index (χ1n) is 11.4. The number of anilines is 2. The third kappa shape index (κ3) is 9.05. The van der Waals surface area contributed by atoms with Gasteiger partial charge in [-0.15, -0.1) is 0 Å². The lowest BCUT2D eigenvalue weighted by molar-refractivity contribution is -0.147. The first-order chi connectivity index (χ1) is 17.9. The van der Waals surface area contributed by atoms with Gasteiger partial charge in [-0.1, -0.05) is 11.6 Å². The molecule has 194 valence electrons. The van der Waals surface area contributed by atoms with Gasteiger partial charge in [0.15, 0.2) is 6.61 Å². The second kappa shape index (κ2) is 13.7. The minimum Gasteiger partial charge on any atom is -0.497 e. The van der Waals surface area contributed by atoms with Crippen LogP contribution in [0.2, 0.25) is 5.02 Å². The van der Waals surface area contributed by atoms with Crippen molar-refractivity contribution in [2.45, 2.75) is 19.3 Å². The second-order valence-corrected chi connectivity index (χ2v) is 8.19. The fraction of sp³-hybridized carbons (Fsp3) is 0.222. The fourth-order valence-corrected chi connectivity index (χ4v) is 3.30. The monoisotopic (exact) mass is 526 g/mol. The summed E-state index contributed by atoms with van der Waals surface area (Å²) >= 11 is 5.87. The highest BCUT2D eigenvalue weighted by molar-refractivity contribution is 6.30. The van der Waals surface area contributed by atoms with E-state index in [-0.39, 0.29) is 25.2 Å². The maximum Gasteiger partial charge on any atom is 0.306 e. The van der Waals surface area contributed by atoms with Gasteiger partial charge in [0.05, 0.1) is 19.9 Å². The number of carbonyl (C=O) groups excluding carboxylic acids is 3. The van der Waals surface area contributed by atoms with Crippen molar-refractivity contribution in [2.24, 2.45) is 0 Å². The number of benzene rings is 3. The average molecular weight is 527 g/mol. The molecule has 0 atom stereocenters. The minimum absolute atomic E-state index is 0.00293. The highest BCUT2D eigenvalue weighted by atomic mass is 35.5. The van der Waals surface area contributed by atoms with Crippen LogP contribution in [0, 0.1) is 0 Å². The quantitative estimate of drug-likeness (QED) is 0.302. The van der Waals surface area contributed by atoms with E-state index in [1.807, 2.05) is 0 Å². The van der Waals surface area contributed by atoms with E-state index in [1.54, 1.807) is 66.7 Å². The van der Waals surface area contributed by atoms with E-state index >= 15 is 0 Å². The van der Waals surface area contributed by atoms with Gasteiger partial charge in [0, 0.05) is 29.6 Å². The fourth-order valence-electron chi connectivity index (χ4n) is 3.18. The third-order valence-corrected chi connectivity index (χ3v) is 5.27. The maximum atomic E-state index is 12.2. The van der Waals surface area contributed by atoms with Crippen LogP contribution in [0.3, 0.4) is 0 Å². The Morgan fingerprint density at radius 3 is 2.05 bits per heavy atom. The molecule has 9 nitrogen and oxygen atoms in total. The summed E-state index contributed by atoms with van der Waals surface area (Å²) in [5.41, 5.74) is 0.991. The Bertz CT molecular complexity index is 1210. The Labute approximate surface area is 219 Å². The Morgan fingerprint density at radius 1 is 0.757 bits per heavy atom. The van der Waals surface area contributed by atoms with Crippen LogP contribution in [0.4, 0.5) is 11.4 Å². The predicted molar refractivity (Wildman–Crippen MR) is 140 cm³/mol. The lowest BCUT2D eigenvalue weighted by Crippen LogP contribution is -2.21. The number of hydrogen-bond donors (Lipinski definition) is 2. The van der Waals surface area contributed by atoms with Gasteiger partial charge in [0.1, 0.15) is 23.0 Å². The molecular weight excluding hydrogens is 500 g/mol. The van der Waals surface area contributed by atoms with Gasteiger partial charge in [0.25, 0.3) is 5.91 Å². The molecule has 0 saturated heterocycles. The van der Waals surface area contributed by atoms with Gasteiger partial charge in [-0.3, -0.25) is 14.4 Å². The number of methoxy groups -OCH3 is 2. The average Bonchev–Trinajstić information content (AvgIpc) is 2.90. The van der Waals surface area contributed by atoms with E-state index in [0.29, 0.717) is 39.4 Å². The van der Waals surface area contributed by atoms with E-state index in [0.717, 1.165) is 0 Å². The number of esters is 1. The zero-order valence-corrected chi connectivity index (χ0v) is 21.2. The molecule has 0 saturated carbocycles. The zero-order valence-electron chi connectivity index (χ0n) is 20.4. The van der Waals surface area contributed by atoms with Gasteiger partial charge < -0.3 is 29.6 Å². The topological polar surface area (TPSA) is 112 Å². The lowest BCUT2D eigenvalue weighted by atomic mass is 10.2. The molecule has 3 aromatic rings. The summed E-state index contributed by atoms with van der Waals surface area (Å²) in [6.07, 6.45) is 0.385. The maximum absolute atomic E-state index is 12.2. The molecule has 0 radical (unpaired) electrons. The van der Waals surface area contributed by atoms with E-state index in [2.05, 4.69) is 10.6 Å². The summed E-state index contributed by atoms with van der Waals surface area (Å²) in [6.45, 7) is -0.462. The van der Waals surface area contributed by atoms with Crippen LogP contribution in [0.1, 0.15) is 19.3 Å². The molecule has 2 amide bonds. The third-order valence-electron chi connectivity index (χ3n) is 5.02. The van der Waals surface area contributed by atoms with Crippen LogP contribution in [0.15, 0.2) is 66.7 Å². The lowest BCUT2D eigenvalue weighted by Gasteiger charge is -2.12. The molecule has 0 aromatic heterocycles. The van der Waals surface area contributed by atoms with E-state index in [1.165, 1.54) is 14.2 Å². The summed E-state index contributed by atoms with van der Waals surface area (Å²) in [7, 11) is 2.98. The van der Waals surface area contributed by atoms with Crippen LogP contribution < -0.4 is 24.8 Å². The largest absolute Gasteiger partial charge is 0.497 e. The molecule has 3 rings (SSSR count). The summed E-state index contributed by atoms with van der Waals surface area (Å²) in [6, 6.07) is 18.8. The SMILES string of the molecule is COc1ccc(OC)c(NC(=O)COC(=O)CCCC(=O)Nc2ccc(Oc3ccc(Cl)cc3)cc2)c1. The smallest absolute Gasteiger partial charge is 0.306 e. The van der Waals surface area contributed by atoms with Crippen molar-refractivity contribution in [3.05, 3.63) is 71.8 Å². The second-order valence-electron chi connectivity index (χ2n) is 7.76. The van der Waals surface area contributed by atoms with Gasteiger partial charge >= 0.3 is 5.97 Å². The first kappa shape index (κ1) is 27.3. The van der Waals surface area contributed by atoms with Crippen LogP contribution in [-0.2, 0) is 19.1 Å². The van der Waals surface area contributed by atoms with Crippen LogP contribution in [-0.4, -0.2) is 38.6 Å². The molecule has 0 aliphatic carbocycles. The number of ether oxygens (including phenoxy) is 4. The molecule has 0 heterocycles. The molecule has 37 heavy (non-hydrogen) atoms.